The van der Waals surface area contributed by atoms with Crippen molar-refractivity contribution in [2.24, 2.45) is 10.9 Å². The highest BCUT2D eigenvalue weighted by atomic mass is 16.6. The molecular formula is C12H20N5O4-. The molecule has 0 aromatic heterocycles. The van der Waals surface area contributed by atoms with Gasteiger partial charge < -0.3 is 25.0 Å². The third-order valence-corrected chi connectivity index (χ3v) is 3.63. The number of carbonyl (C=O) groups excluding carboxylic acids is 1. The van der Waals surface area contributed by atoms with Gasteiger partial charge in [-0.2, -0.15) is 0 Å². The van der Waals surface area contributed by atoms with E-state index in [4.69, 9.17) is 0 Å². The molecule has 1 saturated heterocycles. The van der Waals surface area contributed by atoms with Gasteiger partial charge in [0, 0.05) is 20.1 Å². The Morgan fingerprint density at radius 2 is 2.29 bits per heavy atom. The van der Waals surface area contributed by atoms with Crippen LogP contribution in [0.5, 0.6) is 0 Å². The second kappa shape index (κ2) is 6.19. The van der Waals surface area contributed by atoms with Crippen molar-refractivity contribution >= 4 is 11.9 Å². The largest absolute Gasteiger partial charge is 0.755 e. The number of hydrogen-bond donors (Lipinski definition) is 2. The maximum atomic E-state index is 12.0. The number of rotatable bonds is 3. The van der Waals surface area contributed by atoms with Crippen molar-refractivity contribution in [2.75, 3.05) is 33.9 Å². The molecule has 9 heteroatoms. The first-order valence-corrected chi connectivity index (χ1v) is 6.76. The quantitative estimate of drug-likeness (QED) is 0.549. The Bertz CT molecular complexity index is 478. The van der Waals surface area contributed by atoms with Crippen LogP contribution >= 0.6 is 0 Å². The highest BCUT2D eigenvalue weighted by molar-refractivity contribution is 5.98. The smallest absolute Gasteiger partial charge is 0.309 e. The molecule has 0 aromatic carbocycles. The highest BCUT2D eigenvalue weighted by Gasteiger charge is 2.34. The average molecular weight is 298 g/mol. The number of methoxy groups -OCH3 is 1. The molecule has 1 fully saturated rings. The van der Waals surface area contributed by atoms with Crippen molar-refractivity contribution < 1.29 is 14.6 Å². The molecule has 0 radical (unpaired) electrons. The van der Waals surface area contributed by atoms with E-state index >= 15 is 0 Å². The minimum atomic E-state index is -0.916. The van der Waals surface area contributed by atoms with Crippen LogP contribution in [0.25, 0.3) is 0 Å². The van der Waals surface area contributed by atoms with Gasteiger partial charge in [0.15, 0.2) is 0 Å². The van der Waals surface area contributed by atoms with Crippen molar-refractivity contribution in [1.29, 1.82) is 0 Å². The molecule has 2 heterocycles. The summed E-state index contributed by atoms with van der Waals surface area (Å²) in [5.41, 5.74) is 2.60. The second-order valence-corrected chi connectivity index (χ2v) is 4.93. The first kappa shape index (κ1) is 15.4. The number of hydrogen-bond acceptors (Lipinski definition) is 8. The summed E-state index contributed by atoms with van der Waals surface area (Å²) in [6, 6.07) is 0. The molecule has 1 unspecified atom stereocenters. The first-order valence-electron chi connectivity index (χ1n) is 6.76. The van der Waals surface area contributed by atoms with Gasteiger partial charge >= 0.3 is 5.95 Å². The molecule has 2 aliphatic rings. The molecule has 0 saturated carbocycles. The standard InChI is InChI=1S/C12H20N5O4/c1-4-8-5-15-7-17(20)10(18)9(11(19)21-3)14-12(15)16(6-8)13-2/h8,13,19H,4-7H2,1-3H3/q-1. The third-order valence-electron chi connectivity index (χ3n) is 3.63. The van der Waals surface area contributed by atoms with Crippen LogP contribution in [-0.4, -0.2) is 65.9 Å². The molecule has 21 heavy (non-hydrogen) atoms. The fraction of sp³-hybridized carbons (Fsp3) is 0.667. The molecule has 118 valence electrons. The van der Waals surface area contributed by atoms with Gasteiger partial charge in [-0.3, -0.25) is 9.80 Å². The van der Waals surface area contributed by atoms with Gasteiger partial charge in [0.25, 0.3) is 5.91 Å². The number of hydrazine groups is 1. The number of ether oxygens (including phenoxy) is 1. The molecule has 1 amide bonds. The Hall–Kier alpha value is -2.00. The molecule has 0 bridgehead atoms. The number of aliphatic imine (C=N–C) groups is 1. The molecular weight excluding hydrogens is 278 g/mol. The second-order valence-electron chi connectivity index (χ2n) is 4.93. The third kappa shape index (κ3) is 2.88. The zero-order valence-electron chi connectivity index (χ0n) is 12.4. The average Bonchev–Trinajstić information content (AvgIpc) is 2.62. The van der Waals surface area contributed by atoms with Crippen LogP contribution in [-0.2, 0) is 9.53 Å². The van der Waals surface area contributed by atoms with Crippen LogP contribution in [0.15, 0.2) is 16.6 Å². The highest BCUT2D eigenvalue weighted by Crippen LogP contribution is 2.22. The summed E-state index contributed by atoms with van der Waals surface area (Å²) < 4.78 is 4.64. The maximum absolute atomic E-state index is 12.0. The normalized spacial score (nSPS) is 25.3. The lowest BCUT2D eigenvalue weighted by Crippen LogP contribution is -2.59. The number of carbonyl (C=O) groups is 1. The van der Waals surface area contributed by atoms with Gasteiger partial charge in [0.1, 0.15) is 0 Å². The monoisotopic (exact) mass is 298 g/mol. The van der Waals surface area contributed by atoms with E-state index in [2.05, 4.69) is 22.1 Å². The van der Waals surface area contributed by atoms with E-state index in [0.29, 0.717) is 25.0 Å². The summed E-state index contributed by atoms with van der Waals surface area (Å²) in [4.78, 5) is 17.8. The number of guanidine groups is 1. The van der Waals surface area contributed by atoms with E-state index in [1.54, 1.807) is 17.0 Å². The minimum Gasteiger partial charge on any atom is -0.755 e. The van der Waals surface area contributed by atoms with Crippen molar-refractivity contribution in [2.45, 2.75) is 13.3 Å². The fourth-order valence-electron chi connectivity index (χ4n) is 2.38. The predicted molar refractivity (Wildman–Crippen MR) is 75.4 cm³/mol. The minimum absolute atomic E-state index is 0.132. The number of hydroxylamine groups is 2. The zero-order valence-corrected chi connectivity index (χ0v) is 12.4. The van der Waals surface area contributed by atoms with E-state index in [0.717, 1.165) is 6.42 Å². The van der Waals surface area contributed by atoms with Crippen molar-refractivity contribution in [3.8, 4) is 0 Å². The molecule has 0 aromatic rings. The van der Waals surface area contributed by atoms with Gasteiger partial charge in [0.2, 0.25) is 11.7 Å². The summed E-state index contributed by atoms with van der Waals surface area (Å²) in [6.45, 7) is 3.27. The maximum Gasteiger partial charge on any atom is 0.309 e. The summed E-state index contributed by atoms with van der Waals surface area (Å²) in [6.07, 6.45) is 0.945. The van der Waals surface area contributed by atoms with E-state index < -0.39 is 11.9 Å². The molecule has 9 nitrogen and oxygen atoms in total. The Kier molecular flexibility index (Phi) is 4.53. The van der Waals surface area contributed by atoms with Gasteiger partial charge in [-0.25, -0.2) is 10.4 Å². The zero-order chi connectivity index (χ0) is 15.6. The Morgan fingerprint density at radius 3 is 2.86 bits per heavy atom. The first-order chi connectivity index (χ1) is 10.0. The molecule has 2 rings (SSSR count). The lowest BCUT2D eigenvalue weighted by Gasteiger charge is -2.43. The SMILES string of the molecule is CCC1CN2CN([O-])C(=O)C(=C(O)OC)N=C2N(NC)C1. The number of nitrogens with zero attached hydrogens (tertiary/aromatic N) is 4. The molecule has 2 aliphatic heterocycles. The van der Waals surface area contributed by atoms with Crippen LogP contribution in [0.2, 0.25) is 0 Å². The summed E-state index contributed by atoms with van der Waals surface area (Å²) in [7, 11) is 2.94. The van der Waals surface area contributed by atoms with Crippen LogP contribution in [0.3, 0.4) is 0 Å². The number of aliphatic hydroxyl groups is 1. The van der Waals surface area contributed by atoms with Crippen LogP contribution < -0.4 is 5.43 Å². The summed E-state index contributed by atoms with van der Waals surface area (Å²) in [5, 5.41) is 23.6. The molecule has 0 spiro atoms. The molecule has 0 aliphatic carbocycles. The van der Waals surface area contributed by atoms with E-state index in [1.807, 2.05) is 0 Å². The van der Waals surface area contributed by atoms with Crippen molar-refractivity contribution in [1.82, 2.24) is 20.4 Å². The number of fused-ring (bicyclic) bond motifs is 1. The molecule has 1 atom stereocenters. The van der Waals surface area contributed by atoms with Crippen LogP contribution in [0.1, 0.15) is 13.3 Å². The van der Waals surface area contributed by atoms with Gasteiger partial charge in [0.05, 0.1) is 13.8 Å². The van der Waals surface area contributed by atoms with Crippen molar-refractivity contribution in [3.63, 3.8) is 0 Å². The summed E-state index contributed by atoms with van der Waals surface area (Å²) in [5.74, 6) is -0.807. The number of aliphatic hydroxyl groups excluding tert-OH is 1. The summed E-state index contributed by atoms with van der Waals surface area (Å²) >= 11 is 0. The van der Waals surface area contributed by atoms with Crippen molar-refractivity contribution in [3.05, 3.63) is 16.8 Å². The Morgan fingerprint density at radius 1 is 1.57 bits per heavy atom. The number of amides is 1. The lowest BCUT2D eigenvalue weighted by molar-refractivity contribution is -0.126. The van der Waals surface area contributed by atoms with Gasteiger partial charge in [-0.05, 0) is 12.3 Å². The van der Waals surface area contributed by atoms with Crippen LogP contribution in [0, 0.1) is 11.1 Å². The lowest BCUT2D eigenvalue weighted by atomic mass is 10.0. The fourth-order valence-corrected chi connectivity index (χ4v) is 2.38. The molecule has 2 N–H and O–H groups in total. The van der Waals surface area contributed by atoms with E-state index in [9.17, 15) is 15.1 Å². The van der Waals surface area contributed by atoms with E-state index in [-0.39, 0.29) is 17.4 Å². The predicted octanol–water partition coefficient (Wildman–Crippen LogP) is -0.208. The topological polar surface area (TPSA) is 104 Å². The number of nitrogens with one attached hydrogen (secondary N) is 1. The van der Waals surface area contributed by atoms with Gasteiger partial charge in [-0.1, -0.05) is 6.92 Å². The Labute approximate surface area is 123 Å². The van der Waals surface area contributed by atoms with Gasteiger partial charge in [-0.15, -0.1) is 0 Å². The van der Waals surface area contributed by atoms with E-state index in [1.165, 1.54) is 7.11 Å². The van der Waals surface area contributed by atoms with Crippen LogP contribution in [0.4, 0.5) is 0 Å². The Balaban J connectivity index is 2.44.